The fraction of sp³-hybridized carbons (Fsp3) is 0.400. The van der Waals surface area contributed by atoms with Gasteiger partial charge in [-0.2, -0.15) is 0 Å². The van der Waals surface area contributed by atoms with Gasteiger partial charge in [0, 0.05) is 12.1 Å². The average Bonchev–Trinajstić information content (AvgIpc) is 2.71. The molecule has 2 aromatic carbocycles. The lowest BCUT2D eigenvalue weighted by atomic mass is 10.1. The Hall–Kier alpha value is -2.13. The fourth-order valence-electron chi connectivity index (χ4n) is 2.59. The molecule has 0 saturated carbocycles. The third-order valence-corrected chi connectivity index (χ3v) is 6.07. The molecule has 8 heteroatoms. The summed E-state index contributed by atoms with van der Waals surface area (Å²) in [5.41, 5.74) is -0.247. The van der Waals surface area contributed by atoms with Gasteiger partial charge in [-0.3, -0.25) is 4.31 Å². The number of methoxy groups -OCH3 is 1. The number of sulfonamides is 1. The van der Waals surface area contributed by atoms with Crippen LogP contribution in [0.4, 0.5) is 5.69 Å². The van der Waals surface area contributed by atoms with Gasteiger partial charge in [0.1, 0.15) is 5.75 Å². The summed E-state index contributed by atoms with van der Waals surface area (Å²) >= 11 is 0. The van der Waals surface area contributed by atoms with E-state index in [1.54, 1.807) is 56.3 Å². The van der Waals surface area contributed by atoms with Crippen LogP contribution in [0.3, 0.4) is 0 Å². The molecule has 0 aliphatic heterocycles. The molecule has 0 saturated heterocycles. The molecular weight excluding hydrogens is 380 g/mol. The van der Waals surface area contributed by atoms with E-state index in [9.17, 15) is 18.6 Å². The molecule has 0 aliphatic carbocycles. The van der Waals surface area contributed by atoms with Crippen LogP contribution in [-0.2, 0) is 10.0 Å². The molecular formula is C20H28N2O5S. The molecule has 154 valence electrons. The van der Waals surface area contributed by atoms with Crippen molar-refractivity contribution in [3.8, 4) is 5.75 Å². The molecule has 2 aromatic rings. The van der Waals surface area contributed by atoms with Crippen molar-refractivity contribution in [3.05, 3.63) is 54.6 Å². The third kappa shape index (κ3) is 5.45. The summed E-state index contributed by atoms with van der Waals surface area (Å²) in [6.45, 7) is 3.41. The summed E-state index contributed by atoms with van der Waals surface area (Å²) in [5.74, 6) is 0.387. The van der Waals surface area contributed by atoms with Crippen LogP contribution in [-0.4, -0.2) is 57.1 Å². The molecule has 2 rings (SSSR count). The summed E-state index contributed by atoms with van der Waals surface area (Å²) in [6.07, 6.45) is -1.01. The number of β-amino-alcohol motifs (C(OH)–C–C–N with tert-alkyl or cyclic N) is 1. The zero-order chi connectivity index (χ0) is 20.8. The van der Waals surface area contributed by atoms with Crippen molar-refractivity contribution in [2.24, 2.45) is 0 Å². The Morgan fingerprint density at radius 1 is 1.11 bits per heavy atom. The van der Waals surface area contributed by atoms with Crippen LogP contribution in [0, 0.1) is 0 Å². The van der Waals surface area contributed by atoms with Gasteiger partial charge in [-0.05, 0) is 38.1 Å². The SMILES string of the molecule is COc1ccccc1N(CC(O)CNC(C)(C)CO)S(=O)(=O)c1ccccc1. The zero-order valence-corrected chi connectivity index (χ0v) is 17.2. The second-order valence-corrected chi connectivity index (χ2v) is 8.96. The Labute approximate surface area is 166 Å². The van der Waals surface area contributed by atoms with Gasteiger partial charge >= 0.3 is 0 Å². The Balaban J connectivity index is 2.37. The predicted octanol–water partition coefficient (Wildman–Crippen LogP) is 1.61. The van der Waals surface area contributed by atoms with E-state index in [2.05, 4.69) is 5.32 Å². The van der Waals surface area contributed by atoms with E-state index in [1.165, 1.54) is 19.2 Å². The van der Waals surface area contributed by atoms with Gasteiger partial charge in [-0.25, -0.2) is 8.42 Å². The van der Waals surface area contributed by atoms with Crippen molar-refractivity contribution in [2.75, 3.05) is 31.1 Å². The monoisotopic (exact) mass is 408 g/mol. The highest BCUT2D eigenvalue weighted by atomic mass is 32.2. The number of nitrogens with one attached hydrogen (secondary N) is 1. The number of rotatable bonds is 10. The number of aliphatic hydroxyl groups excluding tert-OH is 2. The predicted molar refractivity (Wildman–Crippen MR) is 109 cm³/mol. The minimum Gasteiger partial charge on any atom is -0.495 e. The first-order chi connectivity index (χ1) is 13.2. The molecule has 0 amide bonds. The van der Waals surface area contributed by atoms with E-state index in [-0.39, 0.29) is 24.6 Å². The van der Waals surface area contributed by atoms with Crippen LogP contribution >= 0.6 is 0 Å². The Morgan fingerprint density at radius 3 is 2.32 bits per heavy atom. The number of aliphatic hydroxyl groups is 2. The van der Waals surface area contributed by atoms with Gasteiger partial charge in [0.25, 0.3) is 10.0 Å². The van der Waals surface area contributed by atoms with Crippen molar-refractivity contribution in [2.45, 2.75) is 30.4 Å². The maximum Gasteiger partial charge on any atom is 0.264 e. The molecule has 0 spiro atoms. The second-order valence-electron chi connectivity index (χ2n) is 7.10. The highest BCUT2D eigenvalue weighted by Gasteiger charge is 2.29. The standard InChI is InChI=1S/C20H28N2O5S/c1-20(2,15-23)21-13-16(24)14-22(18-11-7-8-12-19(18)27-3)28(25,26)17-9-5-4-6-10-17/h4-12,16,21,23-24H,13-15H2,1-3H3. The highest BCUT2D eigenvalue weighted by Crippen LogP contribution is 2.32. The number of hydrogen-bond acceptors (Lipinski definition) is 6. The lowest BCUT2D eigenvalue weighted by Crippen LogP contribution is -2.49. The Morgan fingerprint density at radius 2 is 1.71 bits per heavy atom. The summed E-state index contributed by atoms with van der Waals surface area (Å²) < 4.78 is 33.1. The lowest BCUT2D eigenvalue weighted by molar-refractivity contribution is 0.140. The molecule has 0 bridgehead atoms. The highest BCUT2D eigenvalue weighted by molar-refractivity contribution is 7.92. The summed E-state index contributed by atoms with van der Waals surface area (Å²) in [6, 6.07) is 14.8. The molecule has 1 atom stereocenters. The molecule has 28 heavy (non-hydrogen) atoms. The van der Waals surface area contributed by atoms with Crippen molar-refractivity contribution < 1.29 is 23.4 Å². The van der Waals surface area contributed by atoms with Gasteiger partial charge in [-0.15, -0.1) is 0 Å². The van der Waals surface area contributed by atoms with Crippen molar-refractivity contribution >= 4 is 15.7 Å². The van der Waals surface area contributed by atoms with Gasteiger partial charge in [-0.1, -0.05) is 30.3 Å². The first-order valence-electron chi connectivity index (χ1n) is 8.96. The van der Waals surface area contributed by atoms with Gasteiger partial charge in [0.05, 0.1) is 36.9 Å². The van der Waals surface area contributed by atoms with Crippen molar-refractivity contribution in [1.82, 2.24) is 5.32 Å². The number of benzene rings is 2. The molecule has 0 heterocycles. The molecule has 1 unspecified atom stereocenters. The summed E-state index contributed by atoms with van der Waals surface area (Å²) in [5, 5.41) is 22.9. The normalized spacial score (nSPS) is 13.2. The summed E-state index contributed by atoms with van der Waals surface area (Å²) in [4.78, 5) is 0.122. The van der Waals surface area contributed by atoms with Crippen LogP contribution in [0.25, 0.3) is 0 Å². The van der Waals surface area contributed by atoms with Crippen molar-refractivity contribution in [1.29, 1.82) is 0 Å². The van der Waals surface area contributed by atoms with Gasteiger partial charge in [0.15, 0.2) is 0 Å². The molecule has 0 aliphatic rings. The molecule has 3 N–H and O–H groups in total. The molecule has 0 aromatic heterocycles. The Bertz CT molecular complexity index is 856. The minimum atomic E-state index is -3.92. The topological polar surface area (TPSA) is 99.1 Å². The van der Waals surface area contributed by atoms with E-state index in [0.29, 0.717) is 11.4 Å². The number of hydrogen-bond donors (Lipinski definition) is 3. The van der Waals surface area contributed by atoms with E-state index < -0.39 is 21.7 Å². The maximum atomic E-state index is 13.3. The molecule has 7 nitrogen and oxygen atoms in total. The fourth-order valence-corrected chi connectivity index (χ4v) is 4.12. The van der Waals surface area contributed by atoms with E-state index in [1.807, 2.05) is 0 Å². The first-order valence-corrected chi connectivity index (χ1v) is 10.4. The third-order valence-electron chi connectivity index (χ3n) is 4.27. The van der Waals surface area contributed by atoms with Crippen molar-refractivity contribution in [3.63, 3.8) is 0 Å². The van der Waals surface area contributed by atoms with E-state index in [0.717, 1.165) is 4.31 Å². The molecule has 0 fully saturated rings. The Kier molecular flexibility index (Phi) is 7.42. The molecule has 0 radical (unpaired) electrons. The van der Waals surface area contributed by atoms with Crippen LogP contribution in [0.1, 0.15) is 13.8 Å². The van der Waals surface area contributed by atoms with Gasteiger partial charge < -0.3 is 20.3 Å². The lowest BCUT2D eigenvalue weighted by Gasteiger charge is -2.30. The average molecular weight is 409 g/mol. The largest absolute Gasteiger partial charge is 0.495 e. The summed E-state index contributed by atoms with van der Waals surface area (Å²) in [7, 11) is -2.46. The van der Waals surface area contributed by atoms with Crippen LogP contribution in [0.5, 0.6) is 5.75 Å². The van der Waals surface area contributed by atoms with Crippen LogP contribution in [0.2, 0.25) is 0 Å². The van der Waals surface area contributed by atoms with E-state index >= 15 is 0 Å². The van der Waals surface area contributed by atoms with E-state index in [4.69, 9.17) is 4.74 Å². The number of nitrogens with zero attached hydrogens (tertiary/aromatic N) is 1. The van der Waals surface area contributed by atoms with Crippen LogP contribution < -0.4 is 14.4 Å². The second kappa shape index (κ2) is 9.38. The van der Waals surface area contributed by atoms with Gasteiger partial charge in [0.2, 0.25) is 0 Å². The maximum absolute atomic E-state index is 13.3. The smallest absolute Gasteiger partial charge is 0.264 e. The number of para-hydroxylation sites is 2. The number of ether oxygens (including phenoxy) is 1. The quantitative estimate of drug-likeness (QED) is 0.552. The van der Waals surface area contributed by atoms with Crippen LogP contribution in [0.15, 0.2) is 59.5 Å². The first kappa shape index (κ1) is 22.2. The zero-order valence-electron chi connectivity index (χ0n) is 16.4. The minimum absolute atomic E-state index is 0.113. The number of anilines is 1.